The van der Waals surface area contributed by atoms with E-state index >= 15 is 0 Å². The van der Waals surface area contributed by atoms with Gasteiger partial charge in [-0.1, -0.05) is 121 Å². The number of para-hydroxylation sites is 1. The predicted molar refractivity (Wildman–Crippen MR) is 184 cm³/mol. The van der Waals surface area contributed by atoms with Gasteiger partial charge in [0.15, 0.2) is 0 Å². The van der Waals surface area contributed by atoms with Crippen LogP contribution >= 0.6 is 0 Å². The smallest absolute Gasteiger partial charge is 0.0972 e. The summed E-state index contributed by atoms with van der Waals surface area (Å²) in [4.78, 5) is 14.9. The molecule has 3 nitrogen and oxygen atoms in total. The summed E-state index contributed by atoms with van der Waals surface area (Å²) in [5.74, 6) is 0. The second kappa shape index (κ2) is 9.82. The third kappa shape index (κ3) is 3.94. The van der Waals surface area contributed by atoms with Gasteiger partial charge in [-0.05, 0) is 46.2 Å². The molecular formula is C41H25N3. The van der Waals surface area contributed by atoms with Gasteiger partial charge in [-0.3, -0.25) is 4.98 Å². The Morgan fingerprint density at radius 1 is 0.386 bits per heavy atom. The molecule has 0 saturated carbocycles. The van der Waals surface area contributed by atoms with E-state index in [0.717, 1.165) is 61.0 Å². The maximum absolute atomic E-state index is 5.17. The molecule has 0 aliphatic carbocycles. The van der Waals surface area contributed by atoms with Gasteiger partial charge in [0.05, 0.1) is 27.9 Å². The van der Waals surface area contributed by atoms with Crippen LogP contribution < -0.4 is 0 Å². The highest BCUT2D eigenvalue weighted by molar-refractivity contribution is 6.22. The number of hydrogen-bond donors (Lipinski definition) is 0. The van der Waals surface area contributed by atoms with E-state index in [-0.39, 0.29) is 0 Å². The summed E-state index contributed by atoms with van der Waals surface area (Å²) in [5, 5.41) is 8.29. The quantitative estimate of drug-likeness (QED) is 0.202. The number of hydrogen-bond acceptors (Lipinski definition) is 3. The Kier molecular flexibility index (Phi) is 5.50. The van der Waals surface area contributed by atoms with Crippen molar-refractivity contribution in [1.82, 2.24) is 15.0 Å². The molecule has 44 heavy (non-hydrogen) atoms. The zero-order valence-corrected chi connectivity index (χ0v) is 23.8. The first-order chi connectivity index (χ1) is 21.8. The molecule has 0 radical (unpaired) electrons. The third-order valence-corrected chi connectivity index (χ3v) is 8.67. The maximum atomic E-state index is 5.17. The van der Waals surface area contributed by atoms with Crippen molar-refractivity contribution >= 4 is 54.3 Å². The maximum Gasteiger partial charge on any atom is 0.0972 e. The van der Waals surface area contributed by atoms with Gasteiger partial charge in [-0.2, -0.15) is 0 Å². The molecule has 0 fully saturated rings. The van der Waals surface area contributed by atoms with Crippen LogP contribution in [-0.2, 0) is 0 Å². The van der Waals surface area contributed by atoms with Crippen molar-refractivity contribution in [3.05, 3.63) is 152 Å². The fourth-order valence-corrected chi connectivity index (χ4v) is 6.51. The SMILES string of the molecule is c1cc(-c2ccc(-c3nc4ccccc4c4c3ccc3ccccc34)cc2)cc(-c2ccc3ccc4cccnc4c3n2)c1. The minimum Gasteiger partial charge on any atom is -0.254 e. The highest BCUT2D eigenvalue weighted by Crippen LogP contribution is 2.37. The zero-order chi connectivity index (χ0) is 29.0. The number of fused-ring (bicyclic) bond motifs is 8. The fourth-order valence-electron chi connectivity index (χ4n) is 6.51. The number of benzene rings is 6. The van der Waals surface area contributed by atoms with E-state index in [9.17, 15) is 0 Å². The fraction of sp³-hybridized carbons (Fsp3) is 0. The highest BCUT2D eigenvalue weighted by Gasteiger charge is 2.13. The number of pyridine rings is 3. The molecule has 9 aromatic rings. The average Bonchev–Trinajstić information content (AvgIpc) is 3.11. The van der Waals surface area contributed by atoms with Gasteiger partial charge in [0.1, 0.15) is 0 Å². The summed E-state index contributed by atoms with van der Waals surface area (Å²) in [5.41, 5.74) is 9.29. The van der Waals surface area contributed by atoms with Crippen LogP contribution in [0.15, 0.2) is 152 Å². The van der Waals surface area contributed by atoms with E-state index in [1.165, 1.54) is 26.9 Å². The normalized spacial score (nSPS) is 11.6. The Bertz CT molecular complexity index is 2530. The molecule has 3 heteroatoms. The number of nitrogens with zero attached hydrogens (tertiary/aromatic N) is 3. The zero-order valence-electron chi connectivity index (χ0n) is 23.8. The first-order valence-corrected chi connectivity index (χ1v) is 14.9. The molecule has 0 bridgehead atoms. The van der Waals surface area contributed by atoms with Crippen molar-refractivity contribution in [3.63, 3.8) is 0 Å². The van der Waals surface area contributed by atoms with Crippen LogP contribution in [-0.4, -0.2) is 15.0 Å². The van der Waals surface area contributed by atoms with E-state index in [1.54, 1.807) is 0 Å². The molecule has 0 amide bonds. The topological polar surface area (TPSA) is 38.7 Å². The molecule has 0 atom stereocenters. The number of rotatable bonds is 3. The number of aromatic nitrogens is 3. The van der Waals surface area contributed by atoms with Crippen molar-refractivity contribution in [1.29, 1.82) is 0 Å². The van der Waals surface area contributed by atoms with Crippen LogP contribution in [0.3, 0.4) is 0 Å². The average molecular weight is 560 g/mol. The van der Waals surface area contributed by atoms with Crippen LogP contribution in [0.2, 0.25) is 0 Å². The van der Waals surface area contributed by atoms with E-state index < -0.39 is 0 Å². The monoisotopic (exact) mass is 559 g/mol. The summed E-state index contributed by atoms with van der Waals surface area (Å²) < 4.78 is 0. The van der Waals surface area contributed by atoms with Gasteiger partial charge in [0, 0.05) is 44.3 Å². The Morgan fingerprint density at radius 3 is 2.00 bits per heavy atom. The molecule has 6 aromatic carbocycles. The van der Waals surface area contributed by atoms with E-state index in [0.29, 0.717) is 0 Å². The molecule has 204 valence electrons. The van der Waals surface area contributed by atoms with Gasteiger partial charge in [0.25, 0.3) is 0 Å². The van der Waals surface area contributed by atoms with Crippen molar-refractivity contribution in [2.75, 3.05) is 0 Å². The second-order valence-electron chi connectivity index (χ2n) is 11.3. The van der Waals surface area contributed by atoms with Crippen molar-refractivity contribution in [3.8, 4) is 33.6 Å². The third-order valence-electron chi connectivity index (χ3n) is 8.67. The Balaban J connectivity index is 1.14. The molecule has 0 N–H and O–H groups in total. The van der Waals surface area contributed by atoms with E-state index in [1.807, 2.05) is 12.3 Å². The lowest BCUT2D eigenvalue weighted by atomic mass is 9.94. The Hall–Kier alpha value is -5.93. The summed E-state index contributed by atoms with van der Waals surface area (Å²) in [7, 11) is 0. The van der Waals surface area contributed by atoms with Crippen LogP contribution in [0.5, 0.6) is 0 Å². The van der Waals surface area contributed by atoms with Crippen molar-refractivity contribution in [2.45, 2.75) is 0 Å². The summed E-state index contributed by atoms with van der Waals surface area (Å²) >= 11 is 0. The Morgan fingerprint density at radius 2 is 1.09 bits per heavy atom. The summed E-state index contributed by atoms with van der Waals surface area (Å²) in [6, 6.07) is 51.4. The molecule has 0 aliphatic rings. The molecule has 3 heterocycles. The molecule has 3 aromatic heterocycles. The van der Waals surface area contributed by atoms with Crippen LogP contribution in [0.1, 0.15) is 0 Å². The second-order valence-corrected chi connectivity index (χ2v) is 11.3. The van der Waals surface area contributed by atoms with Crippen LogP contribution in [0.4, 0.5) is 0 Å². The van der Waals surface area contributed by atoms with E-state index in [2.05, 4.69) is 145 Å². The van der Waals surface area contributed by atoms with Crippen molar-refractivity contribution < 1.29 is 0 Å². The molecule has 0 spiro atoms. The minimum atomic E-state index is 0.929. The van der Waals surface area contributed by atoms with Gasteiger partial charge >= 0.3 is 0 Å². The first kappa shape index (κ1) is 24.6. The standard InChI is InChI=1S/C41H25N3/c1-2-11-33-27(7-1)20-22-35-38(33)34-12-3-4-13-37(34)44-39(35)29-16-14-26(15-17-29)31-8-5-9-32(25-31)36-23-21-30-19-18-28-10-6-24-42-40(28)41(30)43-36/h1-25H. The molecule has 0 aliphatic heterocycles. The van der Waals surface area contributed by atoms with Gasteiger partial charge in [-0.15, -0.1) is 0 Å². The largest absolute Gasteiger partial charge is 0.254 e. The molecule has 0 unspecified atom stereocenters. The molecule has 9 rings (SSSR count). The summed E-state index contributed by atoms with van der Waals surface area (Å²) in [6.45, 7) is 0. The van der Waals surface area contributed by atoms with E-state index in [4.69, 9.17) is 9.97 Å². The Labute approximate surface area is 254 Å². The van der Waals surface area contributed by atoms with Gasteiger partial charge in [-0.25, -0.2) is 9.97 Å². The predicted octanol–water partition coefficient (Wildman–Crippen LogP) is 10.6. The molecular weight excluding hydrogens is 534 g/mol. The highest BCUT2D eigenvalue weighted by atomic mass is 14.8. The van der Waals surface area contributed by atoms with Crippen LogP contribution in [0.25, 0.3) is 87.9 Å². The minimum absolute atomic E-state index is 0.929. The lowest BCUT2D eigenvalue weighted by Crippen LogP contribution is -1.91. The van der Waals surface area contributed by atoms with Gasteiger partial charge < -0.3 is 0 Å². The van der Waals surface area contributed by atoms with Crippen molar-refractivity contribution in [2.24, 2.45) is 0 Å². The lowest BCUT2D eigenvalue weighted by Gasteiger charge is -2.13. The van der Waals surface area contributed by atoms with Gasteiger partial charge in [0.2, 0.25) is 0 Å². The molecule has 0 saturated heterocycles. The van der Waals surface area contributed by atoms with Crippen LogP contribution in [0, 0.1) is 0 Å². The lowest BCUT2D eigenvalue weighted by molar-refractivity contribution is 1.37. The summed E-state index contributed by atoms with van der Waals surface area (Å²) in [6.07, 6.45) is 1.83. The first-order valence-electron chi connectivity index (χ1n) is 14.9.